The lowest BCUT2D eigenvalue weighted by atomic mass is 9.95. The molecule has 0 radical (unpaired) electrons. The fourth-order valence-corrected chi connectivity index (χ4v) is 4.08. The van der Waals surface area contributed by atoms with E-state index in [9.17, 15) is 5.11 Å². The molecule has 1 N–H and O–H groups in total. The van der Waals surface area contributed by atoms with Crippen LogP contribution in [0.15, 0.2) is 67.0 Å². The molecule has 144 valence electrons. The second-order valence-corrected chi connectivity index (χ2v) is 7.76. The van der Waals surface area contributed by atoms with Gasteiger partial charge in [-0.1, -0.05) is 35.3 Å². The molecule has 0 amide bonds. The summed E-state index contributed by atoms with van der Waals surface area (Å²) in [6, 6.07) is 17.0. The summed E-state index contributed by atoms with van der Waals surface area (Å²) in [5, 5.41) is 11.9. The molecule has 1 fully saturated rings. The first-order chi connectivity index (χ1) is 13.6. The number of nitrogens with zero attached hydrogens (tertiary/aromatic N) is 3. The molecule has 0 aliphatic carbocycles. The molecule has 4 rings (SSSR count). The zero-order valence-corrected chi connectivity index (χ0v) is 16.8. The van der Waals surface area contributed by atoms with Crippen LogP contribution in [-0.4, -0.2) is 41.2 Å². The van der Waals surface area contributed by atoms with E-state index in [0.717, 1.165) is 37.3 Å². The Morgan fingerprint density at radius 1 is 0.821 bits per heavy atom. The lowest BCUT2D eigenvalue weighted by Crippen LogP contribution is -2.48. The number of pyridine rings is 1. The first kappa shape index (κ1) is 19.1. The van der Waals surface area contributed by atoms with Crippen molar-refractivity contribution in [3.05, 3.63) is 88.2 Å². The van der Waals surface area contributed by atoms with Gasteiger partial charge in [-0.15, -0.1) is 0 Å². The van der Waals surface area contributed by atoms with Gasteiger partial charge in [-0.2, -0.15) is 0 Å². The fourth-order valence-electron chi connectivity index (χ4n) is 3.77. The maximum atomic E-state index is 10.6. The van der Waals surface area contributed by atoms with E-state index >= 15 is 0 Å². The van der Waals surface area contributed by atoms with Crippen molar-refractivity contribution in [1.29, 1.82) is 0 Å². The molecule has 2 heterocycles. The first-order valence-electron chi connectivity index (χ1n) is 9.25. The smallest absolute Gasteiger partial charge is 0.120 e. The summed E-state index contributed by atoms with van der Waals surface area (Å²) in [6.45, 7) is 3.52. The van der Waals surface area contributed by atoms with Crippen molar-refractivity contribution in [1.82, 2.24) is 9.88 Å². The number of anilines is 1. The van der Waals surface area contributed by atoms with Crippen molar-refractivity contribution in [2.24, 2.45) is 0 Å². The predicted molar refractivity (Wildman–Crippen MR) is 114 cm³/mol. The summed E-state index contributed by atoms with van der Waals surface area (Å²) in [4.78, 5) is 8.84. The largest absolute Gasteiger partial charge is 0.508 e. The molecule has 3 aromatic rings. The standard InChI is InChI=1S/C22H21Cl2N3O/c23-17-3-1-16(2-4-17)22(20-15-18(24)5-6-21(20)28)27-13-11-26(12-14-27)19-7-9-25-10-8-19/h1-10,15,22,28H,11-14H2. The zero-order chi connectivity index (χ0) is 19.5. The van der Waals surface area contributed by atoms with Crippen molar-refractivity contribution < 1.29 is 5.11 Å². The van der Waals surface area contributed by atoms with Crippen LogP contribution in [-0.2, 0) is 0 Å². The Bertz CT molecular complexity index is 926. The Morgan fingerprint density at radius 2 is 1.46 bits per heavy atom. The van der Waals surface area contributed by atoms with E-state index in [1.165, 1.54) is 5.69 Å². The summed E-state index contributed by atoms with van der Waals surface area (Å²) < 4.78 is 0. The van der Waals surface area contributed by atoms with Crippen LogP contribution in [0, 0.1) is 0 Å². The third kappa shape index (κ3) is 4.09. The Balaban J connectivity index is 1.63. The highest BCUT2D eigenvalue weighted by atomic mass is 35.5. The summed E-state index contributed by atoms with van der Waals surface area (Å²) in [6.07, 6.45) is 3.64. The molecular formula is C22H21Cl2N3O. The van der Waals surface area contributed by atoms with Gasteiger partial charge in [-0.3, -0.25) is 9.88 Å². The number of benzene rings is 2. The summed E-state index contributed by atoms with van der Waals surface area (Å²) in [5.74, 6) is 0.251. The minimum absolute atomic E-state index is 0.0874. The van der Waals surface area contributed by atoms with Crippen LogP contribution in [0.2, 0.25) is 10.0 Å². The average molecular weight is 414 g/mol. The number of hydrogen-bond acceptors (Lipinski definition) is 4. The molecule has 6 heteroatoms. The van der Waals surface area contributed by atoms with Crippen LogP contribution in [0.25, 0.3) is 0 Å². The molecule has 1 atom stereocenters. The van der Waals surface area contributed by atoms with Crippen LogP contribution in [0.1, 0.15) is 17.2 Å². The summed E-state index contributed by atoms with van der Waals surface area (Å²) in [7, 11) is 0. The number of halogens is 2. The van der Waals surface area contributed by atoms with E-state index < -0.39 is 0 Å². The number of phenols is 1. The van der Waals surface area contributed by atoms with E-state index in [-0.39, 0.29) is 11.8 Å². The molecule has 0 bridgehead atoms. The number of aromatic hydroxyl groups is 1. The van der Waals surface area contributed by atoms with Gasteiger partial charge in [-0.05, 0) is 48.0 Å². The molecule has 1 saturated heterocycles. The molecule has 1 aliphatic heterocycles. The van der Waals surface area contributed by atoms with E-state index in [0.29, 0.717) is 10.0 Å². The zero-order valence-electron chi connectivity index (χ0n) is 15.3. The first-order valence-corrected chi connectivity index (χ1v) is 10.0. The number of piperazine rings is 1. The van der Waals surface area contributed by atoms with Crippen LogP contribution >= 0.6 is 23.2 Å². The van der Waals surface area contributed by atoms with Gasteiger partial charge in [0.1, 0.15) is 5.75 Å². The van der Waals surface area contributed by atoms with Gasteiger partial charge in [0, 0.05) is 59.9 Å². The minimum atomic E-state index is -0.0874. The summed E-state index contributed by atoms with van der Waals surface area (Å²) >= 11 is 12.3. The fraction of sp³-hybridized carbons (Fsp3) is 0.227. The number of phenolic OH excluding ortho intramolecular Hbond substituents is 1. The van der Waals surface area contributed by atoms with Gasteiger partial charge < -0.3 is 10.0 Å². The van der Waals surface area contributed by atoms with E-state index in [1.807, 2.05) is 54.9 Å². The molecule has 0 spiro atoms. The van der Waals surface area contributed by atoms with E-state index in [4.69, 9.17) is 23.2 Å². The van der Waals surface area contributed by atoms with E-state index in [1.54, 1.807) is 12.1 Å². The molecule has 28 heavy (non-hydrogen) atoms. The number of rotatable bonds is 4. The molecule has 2 aromatic carbocycles. The maximum Gasteiger partial charge on any atom is 0.120 e. The highest BCUT2D eigenvalue weighted by molar-refractivity contribution is 6.31. The quantitative estimate of drug-likeness (QED) is 0.652. The molecule has 1 unspecified atom stereocenters. The number of hydrogen-bond donors (Lipinski definition) is 1. The lowest BCUT2D eigenvalue weighted by Gasteiger charge is -2.40. The lowest BCUT2D eigenvalue weighted by molar-refractivity contribution is 0.209. The molecule has 0 saturated carbocycles. The van der Waals surface area contributed by atoms with Crippen LogP contribution in [0.4, 0.5) is 5.69 Å². The summed E-state index contributed by atoms with van der Waals surface area (Å²) in [5.41, 5.74) is 3.08. The van der Waals surface area contributed by atoms with Crippen molar-refractivity contribution in [2.75, 3.05) is 31.1 Å². The Morgan fingerprint density at radius 3 is 2.14 bits per heavy atom. The Hall–Kier alpha value is -2.27. The maximum absolute atomic E-state index is 10.6. The van der Waals surface area contributed by atoms with Gasteiger partial charge in [0.25, 0.3) is 0 Å². The SMILES string of the molecule is Oc1ccc(Cl)cc1C(c1ccc(Cl)cc1)N1CCN(c2ccncc2)CC1. The Labute approximate surface area is 175 Å². The number of aromatic nitrogens is 1. The normalized spacial score (nSPS) is 16.1. The van der Waals surface area contributed by atoms with Crippen molar-refractivity contribution in [3.63, 3.8) is 0 Å². The van der Waals surface area contributed by atoms with Crippen LogP contribution in [0.5, 0.6) is 5.75 Å². The highest BCUT2D eigenvalue weighted by Crippen LogP contribution is 2.37. The van der Waals surface area contributed by atoms with E-state index in [2.05, 4.69) is 14.8 Å². The molecule has 4 nitrogen and oxygen atoms in total. The van der Waals surface area contributed by atoms with Gasteiger partial charge >= 0.3 is 0 Å². The topological polar surface area (TPSA) is 39.6 Å². The average Bonchev–Trinajstić information content (AvgIpc) is 2.73. The van der Waals surface area contributed by atoms with Gasteiger partial charge in [0.15, 0.2) is 0 Å². The molecule has 1 aromatic heterocycles. The highest BCUT2D eigenvalue weighted by Gasteiger charge is 2.28. The second-order valence-electron chi connectivity index (χ2n) is 6.89. The minimum Gasteiger partial charge on any atom is -0.508 e. The Kier molecular flexibility index (Phi) is 5.72. The van der Waals surface area contributed by atoms with Crippen molar-refractivity contribution >= 4 is 28.9 Å². The van der Waals surface area contributed by atoms with Gasteiger partial charge in [0.2, 0.25) is 0 Å². The van der Waals surface area contributed by atoms with Crippen molar-refractivity contribution in [2.45, 2.75) is 6.04 Å². The van der Waals surface area contributed by atoms with Crippen LogP contribution < -0.4 is 4.90 Å². The molecule has 1 aliphatic rings. The third-order valence-electron chi connectivity index (χ3n) is 5.18. The second kappa shape index (κ2) is 8.39. The predicted octanol–water partition coefficient (Wildman–Crippen LogP) is 5.01. The monoisotopic (exact) mass is 413 g/mol. The van der Waals surface area contributed by atoms with Gasteiger partial charge in [-0.25, -0.2) is 0 Å². The van der Waals surface area contributed by atoms with Crippen LogP contribution in [0.3, 0.4) is 0 Å². The molecular weight excluding hydrogens is 393 g/mol. The third-order valence-corrected chi connectivity index (χ3v) is 5.66. The van der Waals surface area contributed by atoms with Gasteiger partial charge in [0.05, 0.1) is 6.04 Å². The van der Waals surface area contributed by atoms with Crippen molar-refractivity contribution in [3.8, 4) is 5.75 Å².